The van der Waals surface area contributed by atoms with Crippen LogP contribution in [0.25, 0.3) is 5.82 Å². The summed E-state index contributed by atoms with van der Waals surface area (Å²) >= 11 is 4.95. The van der Waals surface area contributed by atoms with Crippen LogP contribution in [0.5, 0.6) is 0 Å². The molecule has 2 N–H and O–H groups in total. The van der Waals surface area contributed by atoms with Crippen LogP contribution in [0.2, 0.25) is 0 Å². The SMILES string of the molecule is CC(C)n1ccnc(-n2cccc2C(N)=S)c1=O. The number of thiocarbonyl (C=S) groups is 1. The maximum atomic E-state index is 12.3. The van der Waals surface area contributed by atoms with Gasteiger partial charge in [0.05, 0.1) is 5.69 Å². The molecule has 5 nitrogen and oxygen atoms in total. The Morgan fingerprint density at radius 3 is 2.78 bits per heavy atom. The molecule has 0 aliphatic carbocycles. The molecule has 18 heavy (non-hydrogen) atoms. The van der Waals surface area contributed by atoms with Gasteiger partial charge in [0.2, 0.25) is 5.82 Å². The van der Waals surface area contributed by atoms with Gasteiger partial charge in [-0.1, -0.05) is 12.2 Å². The molecule has 0 spiro atoms. The van der Waals surface area contributed by atoms with E-state index >= 15 is 0 Å². The molecular weight excluding hydrogens is 248 g/mol. The molecule has 0 aliphatic heterocycles. The van der Waals surface area contributed by atoms with Crippen molar-refractivity contribution in [3.8, 4) is 5.82 Å². The lowest BCUT2D eigenvalue weighted by atomic mass is 10.4. The van der Waals surface area contributed by atoms with Gasteiger partial charge in [0, 0.05) is 24.6 Å². The van der Waals surface area contributed by atoms with Crippen molar-refractivity contribution in [3.05, 3.63) is 46.8 Å². The second-order valence-electron chi connectivity index (χ2n) is 4.18. The van der Waals surface area contributed by atoms with Gasteiger partial charge in [-0.25, -0.2) is 4.98 Å². The first-order chi connectivity index (χ1) is 8.52. The Labute approximate surface area is 110 Å². The highest BCUT2D eigenvalue weighted by molar-refractivity contribution is 7.80. The Morgan fingerprint density at radius 1 is 1.44 bits per heavy atom. The molecule has 0 saturated heterocycles. The molecule has 0 radical (unpaired) electrons. The summed E-state index contributed by atoms with van der Waals surface area (Å²) < 4.78 is 3.23. The van der Waals surface area contributed by atoms with E-state index in [9.17, 15) is 4.79 Å². The summed E-state index contributed by atoms with van der Waals surface area (Å²) in [5.41, 5.74) is 6.06. The van der Waals surface area contributed by atoms with E-state index in [1.54, 1.807) is 39.9 Å². The van der Waals surface area contributed by atoms with Crippen molar-refractivity contribution < 1.29 is 0 Å². The molecule has 0 aliphatic rings. The normalized spacial score (nSPS) is 10.8. The fourth-order valence-electron chi connectivity index (χ4n) is 1.75. The highest BCUT2D eigenvalue weighted by Gasteiger charge is 2.12. The molecule has 94 valence electrons. The van der Waals surface area contributed by atoms with Crippen LogP contribution in [0.4, 0.5) is 0 Å². The van der Waals surface area contributed by atoms with Crippen molar-refractivity contribution in [2.75, 3.05) is 0 Å². The van der Waals surface area contributed by atoms with Crippen molar-refractivity contribution in [2.24, 2.45) is 5.73 Å². The third kappa shape index (κ3) is 2.06. The number of nitrogens with zero attached hydrogens (tertiary/aromatic N) is 3. The van der Waals surface area contributed by atoms with Crippen LogP contribution in [0.1, 0.15) is 25.6 Å². The van der Waals surface area contributed by atoms with Crippen molar-refractivity contribution in [2.45, 2.75) is 19.9 Å². The fourth-order valence-corrected chi connectivity index (χ4v) is 1.92. The third-order valence-electron chi connectivity index (χ3n) is 2.64. The number of hydrogen-bond acceptors (Lipinski definition) is 3. The molecular formula is C12H14N4OS. The second-order valence-corrected chi connectivity index (χ2v) is 4.62. The molecule has 0 bridgehead atoms. The van der Waals surface area contributed by atoms with E-state index in [4.69, 9.17) is 18.0 Å². The molecule has 2 heterocycles. The topological polar surface area (TPSA) is 65.8 Å². The summed E-state index contributed by atoms with van der Waals surface area (Å²) in [5.74, 6) is 0.305. The van der Waals surface area contributed by atoms with Crippen LogP contribution < -0.4 is 11.3 Å². The van der Waals surface area contributed by atoms with Crippen molar-refractivity contribution in [1.29, 1.82) is 0 Å². The maximum Gasteiger partial charge on any atom is 0.294 e. The predicted octanol–water partition coefficient (Wildman–Crippen LogP) is 1.25. The van der Waals surface area contributed by atoms with Crippen LogP contribution in [-0.4, -0.2) is 19.1 Å². The Bertz CT molecular complexity index is 642. The summed E-state index contributed by atoms with van der Waals surface area (Å²) in [5, 5.41) is 0. The third-order valence-corrected chi connectivity index (χ3v) is 2.84. The van der Waals surface area contributed by atoms with Gasteiger partial charge in [0.25, 0.3) is 5.56 Å². The first-order valence-electron chi connectivity index (χ1n) is 5.57. The van der Waals surface area contributed by atoms with Crippen LogP contribution in [0.3, 0.4) is 0 Å². The summed E-state index contributed by atoms with van der Waals surface area (Å²) in [6.45, 7) is 3.88. The lowest BCUT2D eigenvalue weighted by Gasteiger charge is -2.12. The molecule has 0 fully saturated rings. The van der Waals surface area contributed by atoms with Crippen LogP contribution in [0.15, 0.2) is 35.5 Å². The first kappa shape index (κ1) is 12.5. The van der Waals surface area contributed by atoms with Gasteiger partial charge < -0.3 is 10.3 Å². The summed E-state index contributed by atoms with van der Waals surface area (Å²) in [7, 11) is 0. The molecule has 2 aromatic rings. The van der Waals surface area contributed by atoms with Gasteiger partial charge in [-0.05, 0) is 26.0 Å². The number of hydrogen-bond donors (Lipinski definition) is 1. The summed E-state index contributed by atoms with van der Waals surface area (Å²) in [6.07, 6.45) is 4.99. The van der Waals surface area contributed by atoms with Crippen molar-refractivity contribution in [3.63, 3.8) is 0 Å². The van der Waals surface area contributed by atoms with Crippen LogP contribution in [0, 0.1) is 0 Å². The van der Waals surface area contributed by atoms with E-state index in [1.807, 2.05) is 13.8 Å². The minimum Gasteiger partial charge on any atom is -0.388 e. The fraction of sp³-hybridized carbons (Fsp3) is 0.250. The molecule has 0 aromatic carbocycles. The minimum atomic E-state index is -0.166. The van der Waals surface area contributed by atoms with E-state index in [-0.39, 0.29) is 16.6 Å². The average molecular weight is 262 g/mol. The van der Waals surface area contributed by atoms with Crippen LogP contribution >= 0.6 is 12.2 Å². The summed E-state index contributed by atoms with van der Waals surface area (Å²) in [6, 6.07) is 3.61. The first-order valence-corrected chi connectivity index (χ1v) is 5.98. The zero-order valence-electron chi connectivity index (χ0n) is 10.2. The van der Waals surface area contributed by atoms with Crippen LogP contribution in [-0.2, 0) is 0 Å². The monoisotopic (exact) mass is 262 g/mol. The molecule has 2 aromatic heterocycles. The number of rotatable bonds is 3. The van der Waals surface area contributed by atoms with E-state index in [2.05, 4.69) is 4.98 Å². The maximum absolute atomic E-state index is 12.3. The Morgan fingerprint density at radius 2 is 2.17 bits per heavy atom. The highest BCUT2D eigenvalue weighted by atomic mass is 32.1. The van der Waals surface area contributed by atoms with E-state index in [1.165, 1.54) is 0 Å². The van der Waals surface area contributed by atoms with Gasteiger partial charge in [-0.15, -0.1) is 0 Å². The lowest BCUT2D eigenvalue weighted by molar-refractivity contribution is 0.570. The molecule has 0 unspecified atom stereocenters. The molecule has 2 rings (SSSR count). The Balaban J connectivity index is 2.65. The zero-order chi connectivity index (χ0) is 13.3. The van der Waals surface area contributed by atoms with Gasteiger partial charge in [0.15, 0.2) is 0 Å². The molecule has 6 heteroatoms. The largest absolute Gasteiger partial charge is 0.388 e. The minimum absolute atomic E-state index is 0.0723. The second kappa shape index (κ2) is 4.73. The number of nitrogens with two attached hydrogens (primary N) is 1. The Kier molecular flexibility index (Phi) is 3.29. The molecule has 0 saturated carbocycles. The molecule has 0 amide bonds. The predicted molar refractivity (Wildman–Crippen MR) is 74.1 cm³/mol. The van der Waals surface area contributed by atoms with Gasteiger partial charge >= 0.3 is 0 Å². The standard InChI is InChI=1S/C12H14N4OS/c1-8(2)15-7-5-14-11(12(15)17)16-6-3-4-9(16)10(13)18/h3-8H,1-2H3,(H2,13,18). The quantitative estimate of drug-likeness (QED) is 0.845. The van der Waals surface area contributed by atoms with E-state index in [0.29, 0.717) is 11.5 Å². The van der Waals surface area contributed by atoms with E-state index in [0.717, 1.165) is 0 Å². The smallest absolute Gasteiger partial charge is 0.294 e. The molecule has 0 atom stereocenters. The lowest BCUT2D eigenvalue weighted by Crippen LogP contribution is -2.28. The van der Waals surface area contributed by atoms with Crippen molar-refractivity contribution >= 4 is 17.2 Å². The number of aromatic nitrogens is 3. The van der Waals surface area contributed by atoms with Gasteiger partial charge in [-0.2, -0.15) is 0 Å². The van der Waals surface area contributed by atoms with Gasteiger partial charge in [0.1, 0.15) is 4.99 Å². The van der Waals surface area contributed by atoms with Gasteiger partial charge in [-0.3, -0.25) is 9.36 Å². The Hall–Kier alpha value is -1.95. The average Bonchev–Trinajstić information content (AvgIpc) is 2.77. The van der Waals surface area contributed by atoms with Crippen molar-refractivity contribution in [1.82, 2.24) is 14.1 Å². The zero-order valence-corrected chi connectivity index (χ0v) is 11.0. The summed E-state index contributed by atoms with van der Waals surface area (Å²) in [4.78, 5) is 16.6. The van der Waals surface area contributed by atoms with E-state index < -0.39 is 0 Å². The highest BCUT2D eigenvalue weighted by Crippen LogP contribution is 2.08.